The Morgan fingerprint density at radius 1 is 1.00 bits per heavy atom. The smallest absolute Gasteiger partial charge is 0.748 e. The zero-order valence-electron chi connectivity index (χ0n) is 22.0. The van der Waals surface area contributed by atoms with Crippen LogP contribution in [0.2, 0.25) is 0 Å². The Hall–Kier alpha value is -0.970. The summed E-state index contributed by atoms with van der Waals surface area (Å²) in [6.45, 7) is 2.58. The largest absolute Gasteiger partial charge is 1.00 e. The van der Waals surface area contributed by atoms with Crippen molar-refractivity contribution in [3.63, 3.8) is 0 Å². The Morgan fingerprint density at radius 2 is 1.65 bits per heavy atom. The van der Waals surface area contributed by atoms with E-state index in [0.29, 0.717) is 42.5 Å². The van der Waals surface area contributed by atoms with Crippen LogP contribution in [0.25, 0.3) is 11.1 Å². The summed E-state index contributed by atoms with van der Waals surface area (Å²) in [5.74, 6) is 0.745. The third-order valence-corrected chi connectivity index (χ3v) is 8.89. The van der Waals surface area contributed by atoms with Crippen LogP contribution in [0.15, 0.2) is 61.7 Å². The number of halogens is 2. The number of benzene rings is 2. The first-order valence-corrected chi connectivity index (χ1v) is 17.0. The van der Waals surface area contributed by atoms with Gasteiger partial charge >= 0.3 is 35.4 Å². The summed E-state index contributed by atoms with van der Waals surface area (Å²) in [7, 11) is -8.69. The van der Waals surface area contributed by atoms with Gasteiger partial charge in [0.25, 0.3) is 5.52 Å². The van der Waals surface area contributed by atoms with E-state index in [1.54, 1.807) is 0 Å². The number of anilines is 1. The standard InChI is InChI=1S/C25H28Br2N2O8S2.Na/c1-2-17(13-24-28(9-3-11-38(30,31)32)20-15-18(26)5-7-22(20)36-24)14-25-29(10-4-12-39(33,34)35)21-16-19(27)6-8-23(21)37-25;/h5-8,13,15-17H,2-4,9-12,14H2,1H3,(H-,30,31,32,33,34,35);/q;+1/p-1. The Bertz CT molecular complexity index is 1610. The minimum absolute atomic E-state index is 0. The van der Waals surface area contributed by atoms with Crippen molar-refractivity contribution in [2.75, 3.05) is 23.0 Å². The summed E-state index contributed by atoms with van der Waals surface area (Å²) in [5, 5.41) is 0. The molecule has 0 fully saturated rings. The van der Waals surface area contributed by atoms with Gasteiger partial charge < -0.3 is 23.2 Å². The number of oxazole rings is 1. The minimum atomic E-state index is -4.35. The van der Waals surface area contributed by atoms with E-state index in [1.807, 2.05) is 58.9 Å². The molecule has 0 aliphatic carbocycles. The van der Waals surface area contributed by atoms with E-state index in [0.717, 1.165) is 20.1 Å². The Labute approximate surface area is 272 Å². The minimum Gasteiger partial charge on any atom is -0.748 e. The van der Waals surface area contributed by atoms with Gasteiger partial charge in [0, 0.05) is 39.5 Å². The average molecular weight is 730 g/mol. The molecule has 0 N–H and O–H groups in total. The molecule has 0 bridgehead atoms. The van der Waals surface area contributed by atoms with Gasteiger partial charge in [-0.05, 0) is 55.2 Å². The molecule has 0 saturated heterocycles. The fourth-order valence-corrected chi connectivity index (χ4v) is 6.14. The Kier molecular flexibility index (Phi) is 11.7. The van der Waals surface area contributed by atoms with Crippen molar-refractivity contribution in [2.24, 2.45) is 5.92 Å². The maximum atomic E-state index is 11.2. The van der Waals surface area contributed by atoms with Gasteiger partial charge in [-0.2, -0.15) is 4.57 Å². The van der Waals surface area contributed by atoms with Crippen LogP contribution in [0.1, 0.15) is 32.1 Å². The van der Waals surface area contributed by atoms with E-state index in [2.05, 4.69) is 31.9 Å². The summed E-state index contributed by atoms with van der Waals surface area (Å²) in [6.07, 6.45) is 3.41. The van der Waals surface area contributed by atoms with E-state index in [-0.39, 0.29) is 54.9 Å². The maximum absolute atomic E-state index is 11.2. The second kappa shape index (κ2) is 14.0. The number of nitrogens with zero attached hydrogens (tertiary/aromatic N) is 2. The molecule has 1 atom stereocenters. The van der Waals surface area contributed by atoms with E-state index >= 15 is 0 Å². The monoisotopic (exact) mass is 728 g/mol. The van der Waals surface area contributed by atoms with Crippen molar-refractivity contribution in [1.82, 2.24) is 0 Å². The summed E-state index contributed by atoms with van der Waals surface area (Å²) >= 11 is 6.92. The van der Waals surface area contributed by atoms with Crippen molar-refractivity contribution >= 4 is 68.9 Å². The topological polar surface area (TPSA) is 144 Å². The molecule has 212 valence electrons. The molecule has 1 aliphatic heterocycles. The molecule has 1 aliphatic rings. The molecule has 1 unspecified atom stereocenters. The normalized spacial score (nSPS) is 15.2. The van der Waals surface area contributed by atoms with Crippen LogP contribution < -0.4 is 43.8 Å². The molecule has 0 saturated carbocycles. The number of hydrogen-bond acceptors (Lipinski definition) is 9. The van der Waals surface area contributed by atoms with Crippen LogP contribution in [0.3, 0.4) is 0 Å². The summed E-state index contributed by atoms with van der Waals surface area (Å²) < 4.78 is 82.9. The van der Waals surface area contributed by atoms with Crippen molar-refractivity contribution in [3.8, 4) is 5.75 Å². The zero-order chi connectivity index (χ0) is 28.4. The van der Waals surface area contributed by atoms with Gasteiger partial charge in [0.15, 0.2) is 18.2 Å². The molecule has 40 heavy (non-hydrogen) atoms. The molecule has 1 aromatic heterocycles. The van der Waals surface area contributed by atoms with Crippen molar-refractivity contribution in [2.45, 2.75) is 39.2 Å². The fourth-order valence-electron chi connectivity index (χ4n) is 4.48. The first kappa shape index (κ1) is 33.5. The van der Waals surface area contributed by atoms with Crippen LogP contribution in [0.4, 0.5) is 5.69 Å². The third-order valence-electron chi connectivity index (χ3n) is 6.32. The SMILES string of the molecule is CCC(C=C1Oc2ccc(Br)cc2N1CCCS(=O)(=O)[O-])Cc1oc2ccc(Br)cc2[n+]1CCCS(=O)(=O)[O-].[Na+]. The van der Waals surface area contributed by atoms with E-state index in [9.17, 15) is 25.9 Å². The van der Waals surface area contributed by atoms with E-state index in [1.165, 1.54) is 0 Å². The molecule has 10 nitrogen and oxygen atoms in total. The van der Waals surface area contributed by atoms with Crippen LogP contribution >= 0.6 is 31.9 Å². The van der Waals surface area contributed by atoms with Crippen molar-refractivity contribution in [1.29, 1.82) is 0 Å². The molecular formula is C25H27Br2N2NaO8S2. The molecule has 3 aromatic rings. The predicted octanol–water partition coefficient (Wildman–Crippen LogP) is 1.43. The molecule has 2 heterocycles. The second-order valence-corrected chi connectivity index (χ2v) is 14.1. The number of ether oxygens (including phenoxy) is 1. The van der Waals surface area contributed by atoms with E-state index < -0.39 is 31.7 Å². The van der Waals surface area contributed by atoms with Gasteiger partial charge in [0.2, 0.25) is 5.58 Å². The number of aromatic nitrogens is 1. The molecule has 15 heteroatoms. The van der Waals surface area contributed by atoms with Gasteiger partial charge in [-0.3, -0.25) is 0 Å². The number of hydrogen-bond donors (Lipinski definition) is 0. The first-order chi connectivity index (χ1) is 18.3. The Balaban J connectivity index is 0.00000441. The Morgan fingerprint density at radius 3 is 2.33 bits per heavy atom. The number of allylic oxidation sites excluding steroid dienone is 1. The van der Waals surface area contributed by atoms with Crippen LogP contribution in [0.5, 0.6) is 5.75 Å². The van der Waals surface area contributed by atoms with Crippen LogP contribution in [-0.2, 0) is 33.2 Å². The summed E-state index contributed by atoms with van der Waals surface area (Å²) in [5.41, 5.74) is 2.17. The summed E-state index contributed by atoms with van der Waals surface area (Å²) in [6, 6.07) is 11.1. The second-order valence-electron chi connectivity index (χ2n) is 9.23. The first-order valence-electron chi connectivity index (χ1n) is 12.3. The molecule has 2 aromatic carbocycles. The average Bonchev–Trinajstić information content (AvgIpc) is 3.34. The zero-order valence-corrected chi connectivity index (χ0v) is 28.8. The molecule has 0 spiro atoms. The van der Waals surface area contributed by atoms with Crippen LogP contribution in [0, 0.1) is 5.92 Å². The summed E-state index contributed by atoms with van der Waals surface area (Å²) in [4.78, 5) is 1.86. The number of aryl methyl sites for hydroxylation is 1. The van der Waals surface area contributed by atoms with Gasteiger partial charge in [0.1, 0.15) is 0 Å². The van der Waals surface area contributed by atoms with Gasteiger partial charge in [0.05, 0.1) is 32.3 Å². The van der Waals surface area contributed by atoms with Crippen molar-refractivity contribution in [3.05, 3.63) is 63.2 Å². The van der Waals surface area contributed by atoms with Gasteiger partial charge in [-0.25, -0.2) is 16.8 Å². The third kappa shape index (κ3) is 9.01. The van der Waals surface area contributed by atoms with Crippen LogP contribution in [-0.4, -0.2) is 44.0 Å². The number of rotatable bonds is 12. The molecule has 0 radical (unpaired) electrons. The van der Waals surface area contributed by atoms with Gasteiger partial charge in [-0.1, -0.05) is 38.8 Å². The molecular weight excluding hydrogens is 703 g/mol. The predicted molar refractivity (Wildman–Crippen MR) is 150 cm³/mol. The van der Waals surface area contributed by atoms with E-state index in [4.69, 9.17) is 9.15 Å². The number of fused-ring (bicyclic) bond motifs is 2. The quantitative estimate of drug-likeness (QED) is 0.154. The molecule has 4 rings (SSSR count). The molecule has 0 amide bonds. The van der Waals surface area contributed by atoms with Crippen molar-refractivity contribution < 1.29 is 69.2 Å². The fraction of sp³-hybridized carbons (Fsp3) is 0.400. The maximum Gasteiger partial charge on any atom is 1.00 e. The van der Waals surface area contributed by atoms with Gasteiger partial charge in [-0.15, -0.1) is 0 Å².